The number of hydrogen-bond acceptors (Lipinski definition) is 8. The van der Waals surface area contributed by atoms with Crippen LogP contribution in [0.3, 0.4) is 0 Å². The third-order valence-electron chi connectivity index (χ3n) is 8.12. The second-order valence-electron chi connectivity index (χ2n) is 11.1. The standard InChI is InChI=1S/C31H36FN7O3/c1-21-12-27(39-6-4-31(20-34,30(39)41)25-2-3-25)16-28(37-21)29(40)36-18-22-13-23(15-26(32)14-22)24(17-33)19-35-5-7-38-8-10-42-11-9-38/h12-17,19,25H,2-11,18,33H2,1H3,(H,36,40)/t31-/m1/s1. The number of aliphatic imine (C=N–C) groups is 1. The molecular formula is C31H36FN7O3. The Bertz CT molecular complexity index is 1440. The number of amides is 2. The monoisotopic (exact) mass is 573 g/mol. The van der Waals surface area contributed by atoms with Crippen LogP contribution in [0.5, 0.6) is 0 Å². The maximum atomic E-state index is 14.6. The number of pyridine rings is 1. The highest BCUT2D eigenvalue weighted by Gasteiger charge is 2.56. The van der Waals surface area contributed by atoms with Crippen LogP contribution in [0, 0.1) is 35.4 Å². The Balaban J connectivity index is 1.23. The summed E-state index contributed by atoms with van der Waals surface area (Å²) < 4.78 is 19.9. The van der Waals surface area contributed by atoms with Gasteiger partial charge < -0.3 is 20.7 Å². The molecule has 1 atom stereocenters. The first-order chi connectivity index (χ1) is 20.3. The van der Waals surface area contributed by atoms with E-state index in [4.69, 9.17) is 10.5 Å². The van der Waals surface area contributed by atoms with Gasteiger partial charge in [-0.25, -0.2) is 9.37 Å². The number of nitriles is 1. The average Bonchev–Trinajstić information content (AvgIpc) is 3.79. The Morgan fingerprint density at radius 2 is 2.05 bits per heavy atom. The van der Waals surface area contributed by atoms with Gasteiger partial charge in [-0.15, -0.1) is 0 Å². The summed E-state index contributed by atoms with van der Waals surface area (Å²) in [5, 5.41) is 12.6. The predicted molar refractivity (Wildman–Crippen MR) is 157 cm³/mol. The Kier molecular flexibility index (Phi) is 8.94. The van der Waals surface area contributed by atoms with Gasteiger partial charge in [-0.1, -0.05) is 0 Å². The molecule has 3 fully saturated rings. The first-order valence-corrected chi connectivity index (χ1v) is 14.3. The minimum absolute atomic E-state index is 0.0580. The first-order valence-electron chi connectivity index (χ1n) is 14.3. The highest BCUT2D eigenvalue weighted by atomic mass is 19.1. The number of benzene rings is 1. The third-order valence-corrected chi connectivity index (χ3v) is 8.12. The second kappa shape index (κ2) is 12.8. The summed E-state index contributed by atoms with van der Waals surface area (Å²) in [4.78, 5) is 39.0. The van der Waals surface area contributed by atoms with Gasteiger partial charge >= 0.3 is 0 Å². The lowest BCUT2D eigenvalue weighted by atomic mass is 9.83. The Hall–Kier alpha value is -4.14. The number of morpholine rings is 1. The normalized spacial score (nSPS) is 21.6. The number of anilines is 1. The summed E-state index contributed by atoms with van der Waals surface area (Å²) in [6.45, 7) is 6.83. The van der Waals surface area contributed by atoms with Crippen LogP contribution in [-0.4, -0.2) is 73.9 Å². The third kappa shape index (κ3) is 6.50. The number of nitrogens with one attached hydrogen (secondary N) is 1. The number of hydrogen-bond donors (Lipinski definition) is 2. The molecule has 1 aromatic carbocycles. The summed E-state index contributed by atoms with van der Waals surface area (Å²) in [6, 6.07) is 10.1. The lowest BCUT2D eigenvalue weighted by Crippen LogP contribution is -2.37. The summed E-state index contributed by atoms with van der Waals surface area (Å²) in [5.74, 6) is -1.01. The SMILES string of the molecule is Cc1cc(N2CC[C@@](C#N)(C3CC3)C2=O)cc(C(=O)NCc2cc(F)cc(C(C=NCCN3CCOCC3)=CN)c2)n1. The summed E-state index contributed by atoms with van der Waals surface area (Å²) in [5.41, 5.74) is 7.80. The molecule has 220 valence electrons. The molecule has 0 bridgehead atoms. The fourth-order valence-electron chi connectivity index (χ4n) is 5.65. The lowest BCUT2D eigenvalue weighted by molar-refractivity contribution is -0.123. The molecule has 0 radical (unpaired) electrons. The molecule has 5 rings (SSSR count). The molecule has 0 spiro atoms. The van der Waals surface area contributed by atoms with Gasteiger partial charge in [0.15, 0.2) is 0 Å². The van der Waals surface area contributed by atoms with E-state index in [1.54, 1.807) is 36.2 Å². The van der Waals surface area contributed by atoms with Gasteiger partial charge in [-0.2, -0.15) is 5.26 Å². The van der Waals surface area contributed by atoms with Crippen molar-refractivity contribution < 1.29 is 18.7 Å². The zero-order chi connectivity index (χ0) is 29.7. The summed E-state index contributed by atoms with van der Waals surface area (Å²) >= 11 is 0. The van der Waals surface area contributed by atoms with Crippen LogP contribution in [0.2, 0.25) is 0 Å². The number of halogens is 1. The number of nitrogens with two attached hydrogens (primary N) is 1. The van der Waals surface area contributed by atoms with Crippen molar-refractivity contribution in [3.8, 4) is 6.07 Å². The van der Waals surface area contributed by atoms with Crippen LogP contribution in [-0.2, 0) is 16.1 Å². The molecule has 2 aromatic rings. The molecule has 3 N–H and O–H groups in total. The minimum Gasteiger partial charge on any atom is -0.404 e. The zero-order valence-corrected chi connectivity index (χ0v) is 23.8. The van der Waals surface area contributed by atoms with E-state index in [0.717, 1.165) is 45.7 Å². The van der Waals surface area contributed by atoms with E-state index in [0.29, 0.717) is 47.6 Å². The van der Waals surface area contributed by atoms with Crippen molar-refractivity contribution in [1.29, 1.82) is 5.26 Å². The van der Waals surface area contributed by atoms with E-state index < -0.39 is 17.1 Å². The molecular weight excluding hydrogens is 537 g/mol. The number of allylic oxidation sites excluding steroid dienone is 1. The maximum absolute atomic E-state index is 14.6. The number of carbonyl (C=O) groups is 2. The molecule has 10 nitrogen and oxygen atoms in total. The van der Waals surface area contributed by atoms with Crippen LogP contribution < -0.4 is 16.0 Å². The Morgan fingerprint density at radius 3 is 2.76 bits per heavy atom. The predicted octanol–water partition coefficient (Wildman–Crippen LogP) is 2.82. The molecule has 2 aliphatic heterocycles. The Morgan fingerprint density at radius 1 is 1.26 bits per heavy atom. The van der Waals surface area contributed by atoms with E-state index in [1.807, 2.05) is 0 Å². The van der Waals surface area contributed by atoms with Crippen molar-refractivity contribution in [2.75, 3.05) is 50.8 Å². The molecule has 0 unspecified atom stereocenters. The van der Waals surface area contributed by atoms with Crippen molar-refractivity contribution in [1.82, 2.24) is 15.2 Å². The number of aromatic nitrogens is 1. The van der Waals surface area contributed by atoms with Gasteiger partial charge in [0.1, 0.15) is 16.9 Å². The van der Waals surface area contributed by atoms with Crippen molar-refractivity contribution in [2.45, 2.75) is 32.7 Å². The molecule has 2 amide bonds. The van der Waals surface area contributed by atoms with E-state index in [2.05, 4.69) is 26.3 Å². The van der Waals surface area contributed by atoms with Gasteiger partial charge in [0, 0.05) is 62.1 Å². The molecule has 42 heavy (non-hydrogen) atoms. The number of rotatable bonds is 10. The lowest BCUT2D eigenvalue weighted by Gasteiger charge is -2.25. The molecule has 1 aliphatic carbocycles. The maximum Gasteiger partial charge on any atom is 0.270 e. The minimum atomic E-state index is -0.973. The highest BCUT2D eigenvalue weighted by molar-refractivity contribution is 6.09. The fraction of sp³-hybridized carbons (Fsp3) is 0.452. The largest absolute Gasteiger partial charge is 0.404 e. The first kappa shape index (κ1) is 29.4. The van der Waals surface area contributed by atoms with Crippen LogP contribution in [0.15, 0.2) is 41.5 Å². The molecule has 11 heteroatoms. The smallest absolute Gasteiger partial charge is 0.270 e. The van der Waals surface area contributed by atoms with Crippen molar-refractivity contribution in [3.05, 3.63) is 64.9 Å². The van der Waals surface area contributed by atoms with E-state index in [9.17, 15) is 19.2 Å². The molecule has 1 saturated carbocycles. The summed E-state index contributed by atoms with van der Waals surface area (Å²) in [6.07, 6.45) is 5.29. The van der Waals surface area contributed by atoms with E-state index in [1.165, 1.54) is 18.3 Å². The van der Waals surface area contributed by atoms with E-state index in [-0.39, 0.29) is 24.1 Å². The van der Waals surface area contributed by atoms with Crippen LogP contribution in [0.4, 0.5) is 10.1 Å². The fourth-order valence-corrected chi connectivity index (χ4v) is 5.65. The zero-order valence-electron chi connectivity index (χ0n) is 23.8. The van der Waals surface area contributed by atoms with Gasteiger partial charge in [0.2, 0.25) is 5.91 Å². The van der Waals surface area contributed by atoms with Gasteiger partial charge in [-0.3, -0.25) is 19.5 Å². The van der Waals surface area contributed by atoms with Crippen molar-refractivity contribution in [3.63, 3.8) is 0 Å². The quantitative estimate of drug-likeness (QED) is 0.417. The molecule has 3 aliphatic rings. The van der Waals surface area contributed by atoms with Gasteiger partial charge in [0.05, 0.1) is 25.8 Å². The highest BCUT2D eigenvalue weighted by Crippen LogP contribution is 2.51. The van der Waals surface area contributed by atoms with Gasteiger partial charge in [-0.05, 0) is 73.6 Å². The van der Waals surface area contributed by atoms with E-state index >= 15 is 0 Å². The molecule has 2 saturated heterocycles. The average molecular weight is 574 g/mol. The van der Waals surface area contributed by atoms with Crippen molar-refractivity contribution in [2.24, 2.45) is 22.1 Å². The molecule has 1 aromatic heterocycles. The van der Waals surface area contributed by atoms with Crippen molar-refractivity contribution >= 4 is 29.3 Å². The second-order valence-corrected chi connectivity index (χ2v) is 11.1. The Labute approximate surface area is 245 Å². The molecule has 3 heterocycles. The number of carbonyl (C=O) groups excluding carboxylic acids is 2. The van der Waals surface area contributed by atoms with Crippen LogP contribution >= 0.6 is 0 Å². The number of ether oxygens (including phenoxy) is 1. The topological polar surface area (TPSA) is 137 Å². The van der Waals surface area contributed by atoms with Gasteiger partial charge in [0.25, 0.3) is 5.91 Å². The van der Waals surface area contributed by atoms with Crippen LogP contribution in [0.25, 0.3) is 5.57 Å². The number of nitrogens with zero attached hydrogens (tertiary/aromatic N) is 5. The van der Waals surface area contributed by atoms with Crippen LogP contribution in [0.1, 0.15) is 46.6 Å². The number of aryl methyl sites for hydroxylation is 1. The summed E-state index contributed by atoms with van der Waals surface area (Å²) in [7, 11) is 0.